The predicted octanol–water partition coefficient (Wildman–Crippen LogP) is 4.94. The molecule has 2 aliphatic carbocycles. The van der Waals surface area contributed by atoms with Crippen molar-refractivity contribution >= 4 is 15.9 Å². The minimum atomic E-state index is 0.525. The zero-order chi connectivity index (χ0) is 11.4. The molecule has 0 saturated carbocycles. The molecule has 0 aromatic rings. The fraction of sp³-hybridized carbons (Fsp3) is 0.467. The summed E-state index contributed by atoms with van der Waals surface area (Å²) in [7, 11) is 0. The van der Waals surface area contributed by atoms with Crippen molar-refractivity contribution in [1.82, 2.24) is 0 Å². The quantitative estimate of drug-likeness (QED) is 0.642. The summed E-state index contributed by atoms with van der Waals surface area (Å²) in [6, 6.07) is 0. The van der Waals surface area contributed by atoms with Crippen LogP contribution in [0.2, 0.25) is 0 Å². The molecule has 0 N–H and O–H groups in total. The second-order valence-corrected chi connectivity index (χ2v) is 5.75. The summed E-state index contributed by atoms with van der Waals surface area (Å²) in [5.41, 5.74) is 2.80. The largest absolute Gasteiger partial charge is 0.0842 e. The van der Waals surface area contributed by atoms with Crippen LogP contribution >= 0.6 is 15.9 Å². The van der Waals surface area contributed by atoms with Gasteiger partial charge in [0.1, 0.15) is 0 Å². The fourth-order valence-corrected chi connectivity index (χ4v) is 2.61. The zero-order valence-corrected chi connectivity index (χ0v) is 11.4. The van der Waals surface area contributed by atoms with Crippen molar-refractivity contribution in [3.63, 3.8) is 0 Å². The first-order valence-electron chi connectivity index (χ1n) is 6.20. The molecule has 86 valence electrons. The van der Waals surface area contributed by atoms with Crippen molar-refractivity contribution in [2.24, 2.45) is 5.92 Å². The van der Waals surface area contributed by atoms with Gasteiger partial charge < -0.3 is 0 Å². The van der Waals surface area contributed by atoms with Gasteiger partial charge in [0.25, 0.3) is 0 Å². The van der Waals surface area contributed by atoms with Gasteiger partial charge in [0.2, 0.25) is 0 Å². The smallest absolute Gasteiger partial charge is 0.0363 e. The minimum Gasteiger partial charge on any atom is -0.0842 e. The van der Waals surface area contributed by atoms with Gasteiger partial charge in [-0.25, -0.2) is 0 Å². The lowest BCUT2D eigenvalue weighted by Crippen LogP contribution is -2.03. The lowest BCUT2D eigenvalue weighted by molar-refractivity contribution is 0.582. The van der Waals surface area contributed by atoms with Crippen LogP contribution in [0.15, 0.2) is 47.6 Å². The van der Waals surface area contributed by atoms with E-state index in [1.807, 2.05) is 0 Å². The predicted molar refractivity (Wildman–Crippen MR) is 74.8 cm³/mol. The number of halogens is 1. The van der Waals surface area contributed by atoms with Gasteiger partial charge in [-0.3, -0.25) is 0 Å². The van der Waals surface area contributed by atoms with E-state index in [0.717, 1.165) is 12.3 Å². The Morgan fingerprint density at radius 1 is 1.12 bits per heavy atom. The summed E-state index contributed by atoms with van der Waals surface area (Å²) in [5, 5.41) is 0. The molecular formula is C15H19Br. The first kappa shape index (κ1) is 11.9. The molecule has 0 bridgehead atoms. The molecule has 0 heterocycles. The topological polar surface area (TPSA) is 0 Å². The Hall–Kier alpha value is -0.560. The fourth-order valence-electron chi connectivity index (χ4n) is 2.27. The van der Waals surface area contributed by atoms with Crippen molar-refractivity contribution < 1.29 is 0 Å². The van der Waals surface area contributed by atoms with Gasteiger partial charge in [-0.2, -0.15) is 0 Å². The average molecular weight is 279 g/mol. The third-order valence-corrected chi connectivity index (χ3v) is 3.91. The maximum atomic E-state index is 3.60. The second-order valence-electron chi connectivity index (χ2n) is 4.57. The van der Waals surface area contributed by atoms with E-state index in [9.17, 15) is 0 Å². The first-order chi connectivity index (χ1) is 7.79. The normalized spacial score (nSPS) is 28.9. The van der Waals surface area contributed by atoms with E-state index >= 15 is 0 Å². The van der Waals surface area contributed by atoms with Gasteiger partial charge in [0.05, 0.1) is 0 Å². The van der Waals surface area contributed by atoms with Crippen molar-refractivity contribution in [2.45, 2.75) is 37.4 Å². The van der Waals surface area contributed by atoms with E-state index < -0.39 is 0 Å². The minimum absolute atomic E-state index is 0.525. The van der Waals surface area contributed by atoms with E-state index in [-0.39, 0.29) is 0 Å². The van der Waals surface area contributed by atoms with Crippen LogP contribution in [0.3, 0.4) is 0 Å². The van der Waals surface area contributed by atoms with Crippen LogP contribution in [0.25, 0.3) is 0 Å². The Kier molecular flexibility index (Phi) is 4.22. The molecule has 2 aliphatic rings. The van der Waals surface area contributed by atoms with Crippen LogP contribution in [0.4, 0.5) is 0 Å². The Morgan fingerprint density at radius 2 is 1.81 bits per heavy atom. The molecule has 1 heteroatoms. The maximum Gasteiger partial charge on any atom is 0.0363 e. The Labute approximate surface area is 107 Å². The molecule has 0 saturated heterocycles. The molecule has 2 atom stereocenters. The van der Waals surface area contributed by atoms with Crippen LogP contribution in [0.5, 0.6) is 0 Å². The SMILES string of the molecule is CCCC1C=CC(C2=CCC(Br)C=C2)=CC1. The van der Waals surface area contributed by atoms with Gasteiger partial charge in [0.15, 0.2) is 0 Å². The molecule has 0 aromatic carbocycles. The third kappa shape index (κ3) is 2.98. The zero-order valence-electron chi connectivity index (χ0n) is 9.83. The van der Waals surface area contributed by atoms with Gasteiger partial charge in [0, 0.05) is 4.83 Å². The van der Waals surface area contributed by atoms with Crippen LogP contribution in [0, 0.1) is 5.92 Å². The van der Waals surface area contributed by atoms with Gasteiger partial charge in [-0.1, -0.05) is 65.7 Å². The molecule has 0 aromatic heterocycles. The highest BCUT2D eigenvalue weighted by molar-refractivity contribution is 9.09. The van der Waals surface area contributed by atoms with Gasteiger partial charge in [-0.05, 0) is 36.3 Å². The van der Waals surface area contributed by atoms with E-state index in [1.165, 1.54) is 30.4 Å². The number of hydrogen-bond donors (Lipinski definition) is 0. The van der Waals surface area contributed by atoms with Crippen molar-refractivity contribution in [3.8, 4) is 0 Å². The summed E-state index contributed by atoms with van der Waals surface area (Å²) in [6.45, 7) is 2.26. The maximum absolute atomic E-state index is 3.60. The summed E-state index contributed by atoms with van der Waals surface area (Å²) >= 11 is 3.60. The number of alkyl halides is 1. The molecule has 0 fully saturated rings. The molecule has 2 rings (SSSR count). The van der Waals surface area contributed by atoms with E-state index in [1.54, 1.807) is 0 Å². The first-order valence-corrected chi connectivity index (χ1v) is 7.12. The Balaban J connectivity index is 1.99. The number of allylic oxidation sites excluding steroid dienone is 8. The third-order valence-electron chi connectivity index (χ3n) is 3.23. The lowest BCUT2D eigenvalue weighted by Gasteiger charge is -2.18. The van der Waals surface area contributed by atoms with Crippen molar-refractivity contribution in [3.05, 3.63) is 47.6 Å². The van der Waals surface area contributed by atoms with Gasteiger partial charge >= 0.3 is 0 Å². The Morgan fingerprint density at radius 3 is 2.31 bits per heavy atom. The van der Waals surface area contributed by atoms with Gasteiger partial charge in [-0.15, -0.1) is 0 Å². The summed E-state index contributed by atoms with van der Waals surface area (Å²) in [5.74, 6) is 0.769. The van der Waals surface area contributed by atoms with E-state index in [0.29, 0.717) is 4.83 Å². The number of rotatable bonds is 3. The summed E-state index contributed by atoms with van der Waals surface area (Å²) in [4.78, 5) is 0.525. The van der Waals surface area contributed by atoms with Crippen LogP contribution < -0.4 is 0 Å². The number of hydrogen-bond acceptors (Lipinski definition) is 0. The second kappa shape index (κ2) is 5.67. The summed E-state index contributed by atoms with van der Waals surface area (Å²) < 4.78 is 0. The molecule has 0 amide bonds. The van der Waals surface area contributed by atoms with Crippen LogP contribution in [0.1, 0.15) is 32.6 Å². The highest BCUT2D eigenvalue weighted by Gasteiger charge is 2.11. The molecule has 16 heavy (non-hydrogen) atoms. The molecule has 0 nitrogen and oxygen atoms in total. The highest BCUT2D eigenvalue weighted by atomic mass is 79.9. The van der Waals surface area contributed by atoms with Crippen molar-refractivity contribution in [1.29, 1.82) is 0 Å². The molecule has 0 spiro atoms. The molecule has 2 unspecified atom stereocenters. The van der Waals surface area contributed by atoms with E-state index in [2.05, 4.69) is 59.3 Å². The molecule has 0 radical (unpaired) electrons. The van der Waals surface area contributed by atoms with Crippen LogP contribution in [-0.4, -0.2) is 4.83 Å². The highest BCUT2D eigenvalue weighted by Crippen LogP contribution is 2.28. The van der Waals surface area contributed by atoms with Crippen LogP contribution in [-0.2, 0) is 0 Å². The average Bonchev–Trinajstić information content (AvgIpc) is 2.32. The monoisotopic (exact) mass is 278 g/mol. The lowest BCUT2D eigenvalue weighted by atomic mass is 9.89. The molecule has 0 aliphatic heterocycles. The Bertz CT molecular complexity index is 358. The van der Waals surface area contributed by atoms with E-state index in [4.69, 9.17) is 0 Å². The van der Waals surface area contributed by atoms with Crippen molar-refractivity contribution in [2.75, 3.05) is 0 Å². The summed E-state index contributed by atoms with van der Waals surface area (Å²) in [6.07, 6.45) is 18.8. The standard InChI is InChI=1S/C15H19Br/c1-2-3-12-4-6-13(7-5-12)14-8-10-15(16)11-9-14/h4,6-10,12,15H,2-3,5,11H2,1H3. The molecular weight excluding hydrogens is 260 g/mol.